The van der Waals surface area contributed by atoms with Gasteiger partial charge < -0.3 is 19.5 Å². The topological polar surface area (TPSA) is 69.0 Å². The highest BCUT2D eigenvalue weighted by Gasteiger charge is 2.31. The van der Waals surface area contributed by atoms with E-state index in [1.54, 1.807) is 6.07 Å². The molecule has 7 heteroatoms. The largest absolute Gasteiger partial charge is 0.478 e. The third-order valence-corrected chi connectivity index (χ3v) is 9.21. The SMILES string of the molecule is Cc1ccc2c(c1)N(CCN1CCC(=O)N(C)CC1)CCn1c-2c(C2CCCCC2)c2ccc(C(=O)O)cc21. The van der Waals surface area contributed by atoms with E-state index in [0.717, 1.165) is 51.3 Å². The number of carboxylic acid groups (broad SMARTS) is 1. The van der Waals surface area contributed by atoms with Crippen LogP contribution < -0.4 is 4.90 Å². The van der Waals surface area contributed by atoms with Crippen molar-refractivity contribution >= 4 is 28.5 Å². The van der Waals surface area contributed by atoms with Gasteiger partial charge in [0, 0.05) is 81.4 Å². The number of hydrogen-bond acceptors (Lipinski definition) is 4. The van der Waals surface area contributed by atoms with Crippen LogP contribution in [0.2, 0.25) is 0 Å². The van der Waals surface area contributed by atoms with Crippen LogP contribution in [0.15, 0.2) is 36.4 Å². The first kappa shape index (κ1) is 25.9. The number of carbonyl (C=O) groups excluding carboxylic acids is 1. The summed E-state index contributed by atoms with van der Waals surface area (Å²) in [6.07, 6.45) is 6.78. The first-order valence-corrected chi connectivity index (χ1v) is 14.6. The average molecular weight is 529 g/mol. The van der Waals surface area contributed by atoms with Gasteiger partial charge in [-0.25, -0.2) is 4.79 Å². The summed E-state index contributed by atoms with van der Waals surface area (Å²) in [4.78, 5) is 30.9. The molecule has 1 amide bonds. The van der Waals surface area contributed by atoms with Crippen LogP contribution in [0.25, 0.3) is 22.2 Å². The van der Waals surface area contributed by atoms with Crippen LogP contribution in [-0.2, 0) is 11.3 Å². The third kappa shape index (κ3) is 4.93. The molecule has 0 radical (unpaired) electrons. The van der Waals surface area contributed by atoms with Gasteiger partial charge in [-0.05, 0) is 55.0 Å². The molecule has 1 aliphatic carbocycles. The van der Waals surface area contributed by atoms with Crippen LogP contribution >= 0.6 is 0 Å². The Hall–Kier alpha value is -3.32. The van der Waals surface area contributed by atoms with Crippen molar-refractivity contribution in [3.63, 3.8) is 0 Å². The van der Waals surface area contributed by atoms with Gasteiger partial charge in [0.1, 0.15) is 0 Å². The fourth-order valence-corrected chi connectivity index (χ4v) is 6.97. The van der Waals surface area contributed by atoms with Crippen molar-refractivity contribution in [1.82, 2.24) is 14.4 Å². The molecule has 7 nitrogen and oxygen atoms in total. The van der Waals surface area contributed by atoms with Gasteiger partial charge >= 0.3 is 5.97 Å². The molecule has 0 spiro atoms. The van der Waals surface area contributed by atoms with Gasteiger partial charge in [0.2, 0.25) is 5.91 Å². The lowest BCUT2D eigenvalue weighted by atomic mass is 9.81. The van der Waals surface area contributed by atoms with Crippen LogP contribution in [-0.4, -0.2) is 77.7 Å². The number of hydrogen-bond donors (Lipinski definition) is 1. The van der Waals surface area contributed by atoms with Gasteiger partial charge in [-0.3, -0.25) is 9.69 Å². The van der Waals surface area contributed by atoms with Crippen molar-refractivity contribution in [2.24, 2.45) is 0 Å². The summed E-state index contributed by atoms with van der Waals surface area (Å²) in [5.41, 5.74) is 7.89. The molecule has 2 aromatic carbocycles. The Morgan fingerprint density at radius 3 is 2.56 bits per heavy atom. The lowest BCUT2D eigenvalue weighted by Crippen LogP contribution is -2.38. The average Bonchev–Trinajstić information content (AvgIpc) is 3.06. The molecular formula is C32H40N4O3. The van der Waals surface area contributed by atoms with Crippen molar-refractivity contribution in [3.8, 4) is 11.3 Å². The van der Waals surface area contributed by atoms with Gasteiger partial charge in [-0.1, -0.05) is 37.5 Å². The Kier molecular flexibility index (Phi) is 7.10. The zero-order valence-electron chi connectivity index (χ0n) is 23.3. The number of likely N-dealkylation sites (N-methyl/N-ethyl adjacent to an activating group) is 1. The Balaban J connectivity index is 1.42. The van der Waals surface area contributed by atoms with Gasteiger partial charge in [-0.15, -0.1) is 0 Å². The number of aryl methyl sites for hydroxylation is 1. The zero-order chi connectivity index (χ0) is 27.1. The fourth-order valence-electron chi connectivity index (χ4n) is 6.97. The standard InChI is InChI=1S/C32H40N4O3/c1-22-8-10-26-27(20-22)35(17-16-34-13-12-29(37)33(2)14-15-34)18-19-36-28-21-24(32(38)39)9-11-25(28)30(31(26)36)23-6-4-3-5-7-23/h8-11,20-21,23H,3-7,12-19H2,1-2H3,(H,38,39). The molecule has 2 aliphatic heterocycles. The highest BCUT2D eigenvalue weighted by atomic mass is 16.4. The molecule has 1 aromatic heterocycles. The van der Waals surface area contributed by atoms with Crippen molar-refractivity contribution in [1.29, 1.82) is 0 Å². The van der Waals surface area contributed by atoms with Crippen molar-refractivity contribution in [2.45, 2.75) is 57.9 Å². The summed E-state index contributed by atoms with van der Waals surface area (Å²) in [7, 11) is 1.90. The second kappa shape index (κ2) is 10.7. The van der Waals surface area contributed by atoms with E-state index in [1.165, 1.54) is 65.6 Å². The molecule has 6 rings (SSSR count). The predicted molar refractivity (Wildman–Crippen MR) is 156 cm³/mol. The van der Waals surface area contributed by atoms with Gasteiger partial charge in [0.05, 0.1) is 11.3 Å². The fraction of sp³-hybridized carbons (Fsp3) is 0.500. The molecule has 39 heavy (non-hydrogen) atoms. The Morgan fingerprint density at radius 1 is 0.949 bits per heavy atom. The number of anilines is 1. The molecular weight excluding hydrogens is 488 g/mol. The van der Waals surface area contributed by atoms with E-state index in [9.17, 15) is 14.7 Å². The summed E-state index contributed by atoms with van der Waals surface area (Å²) in [6, 6.07) is 12.6. The van der Waals surface area contributed by atoms with Crippen LogP contribution in [0.1, 0.15) is 65.9 Å². The molecule has 1 N–H and O–H groups in total. The third-order valence-electron chi connectivity index (χ3n) is 9.21. The van der Waals surface area contributed by atoms with Gasteiger partial charge in [-0.2, -0.15) is 0 Å². The molecule has 206 valence electrons. The van der Waals surface area contributed by atoms with Crippen molar-refractivity contribution in [2.75, 3.05) is 51.2 Å². The highest BCUT2D eigenvalue weighted by Crippen LogP contribution is 2.47. The van der Waals surface area contributed by atoms with Crippen LogP contribution in [0.4, 0.5) is 5.69 Å². The number of benzene rings is 2. The molecule has 1 saturated heterocycles. The summed E-state index contributed by atoms with van der Waals surface area (Å²) in [6.45, 7) is 8.16. The minimum atomic E-state index is -0.875. The Labute approximate surface area is 231 Å². The van der Waals surface area contributed by atoms with E-state index in [2.05, 4.69) is 45.6 Å². The molecule has 2 fully saturated rings. The number of rotatable bonds is 5. The smallest absolute Gasteiger partial charge is 0.335 e. The predicted octanol–water partition coefficient (Wildman–Crippen LogP) is 5.35. The zero-order valence-corrected chi connectivity index (χ0v) is 23.3. The quantitative estimate of drug-likeness (QED) is 0.484. The summed E-state index contributed by atoms with van der Waals surface area (Å²) in [5.74, 6) is -0.143. The number of carbonyl (C=O) groups is 2. The van der Waals surface area contributed by atoms with Gasteiger partial charge in [0.15, 0.2) is 0 Å². The van der Waals surface area contributed by atoms with Crippen molar-refractivity contribution < 1.29 is 14.7 Å². The van der Waals surface area contributed by atoms with E-state index in [1.807, 2.05) is 18.0 Å². The second-order valence-electron chi connectivity index (χ2n) is 11.7. The summed E-state index contributed by atoms with van der Waals surface area (Å²) < 4.78 is 2.42. The molecule has 0 atom stereocenters. The van der Waals surface area contributed by atoms with E-state index >= 15 is 0 Å². The van der Waals surface area contributed by atoms with Crippen LogP contribution in [0.3, 0.4) is 0 Å². The molecule has 1 saturated carbocycles. The highest BCUT2D eigenvalue weighted by molar-refractivity contribution is 5.99. The maximum Gasteiger partial charge on any atom is 0.335 e. The van der Waals surface area contributed by atoms with E-state index in [4.69, 9.17) is 0 Å². The van der Waals surface area contributed by atoms with Crippen LogP contribution in [0, 0.1) is 6.92 Å². The van der Waals surface area contributed by atoms with E-state index < -0.39 is 5.97 Å². The minimum Gasteiger partial charge on any atom is -0.478 e. The van der Waals surface area contributed by atoms with Crippen LogP contribution in [0.5, 0.6) is 0 Å². The van der Waals surface area contributed by atoms with E-state index in [0.29, 0.717) is 17.9 Å². The number of carboxylic acids is 1. The first-order valence-electron chi connectivity index (χ1n) is 14.6. The molecule has 0 unspecified atom stereocenters. The number of amides is 1. The minimum absolute atomic E-state index is 0.232. The van der Waals surface area contributed by atoms with E-state index in [-0.39, 0.29) is 5.91 Å². The summed E-state index contributed by atoms with van der Waals surface area (Å²) in [5, 5.41) is 11.0. The normalized spacial score (nSPS) is 19.1. The number of nitrogens with zero attached hydrogens (tertiary/aromatic N) is 4. The second-order valence-corrected chi connectivity index (χ2v) is 11.7. The number of fused-ring (bicyclic) bond motifs is 5. The molecule has 3 heterocycles. The maximum atomic E-state index is 12.2. The Bertz CT molecular complexity index is 1400. The maximum absolute atomic E-state index is 12.2. The number of aromatic nitrogens is 1. The lowest BCUT2D eigenvalue weighted by Gasteiger charge is -2.29. The first-order chi connectivity index (χ1) is 18.9. The monoisotopic (exact) mass is 528 g/mol. The number of aromatic carboxylic acids is 1. The Morgan fingerprint density at radius 2 is 1.77 bits per heavy atom. The molecule has 3 aliphatic rings. The van der Waals surface area contributed by atoms with Crippen molar-refractivity contribution in [3.05, 3.63) is 53.1 Å². The molecule has 0 bridgehead atoms. The molecule has 3 aromatic rings. The van der Waals surface area contributed by atoms with Gasteiger partial charge in [0.25, 0.3) is 0 Å². The summed E-state index contributed by atoms with van der Waals surface area (Å²) >= 11 is 0. The lowest BCUT2D eigenvalue weighted by molar-refractivity contribution is -0.129.